The van der Waals surface area contributed by atoms with E-state index in [1.54, 1.807) is 67.1 Å². The Morgan fingerprint density at radius 1 is 0.889 bits per heavy atom. The Kier molecular flexibility index (Phi) is 4.63. The highest BCUT2D eigenvalue weighted by atomic mass is 35.5. The third kappa shape index (κ3) is 3.70. The Hall–Kier alpha value is -3.51. The number of carbonyl (C=O) groups excluding carboxylic acids is 1. The molecule has 1 amide bonds. The molecule has 2 aromatic heterocycles. The van der Waals surface area contributed by atoms with E-state index in [1.807, 2.05) is 6.07 Å². The number of amides is 1. The summed E-state index contributed by atoms with van der Waals surface area (Å²) in [5.74, 6) is 0.299. The van der Waals surface area contributed by atoms with E-state index in [1.165, 1.54) is 0 Å². The van der Waals surface area contributed by atoms with Crippen LogP contribution in [0.5, 0.6) is 11.8 Å². The van der Waals surface area contributed by atoms with Gasteiger partial charge in [0.1, 0.15) is 5.75 Å². The van der Waals surface area contributed by atoms with Crippen LogP contribution in [0.15, 0.2) is 73.2 Å². The molecule has 1 N–H and O–H groups in total. The van der Waals surface area contributed by atoms with Crippen LogP contribution in [0.4, 0.5) is 5.69 Å². The molecule has 2 aromatic carbocycles. The molecule has 0 spiro atoms. The number of nitrogens with one attached hydrogen (secondary N) is 1. The first kappa shape index (κ1) is 16.9. The molecule has 0 bridgehead atoms. The average molecular weight is 377 g/mol. The van der Waals surface area contributed by atoms with Gasteiger partial charge in [-0.05, 0) is 54.6 Å². The fourth-order valence-electron chi connectivity index (χ4n) is 2.57. The van der Waals surface area contributed by atoms with Gasteiger partial charge in [-0.15, -0.1) is 0 Å². The monoisotopic (exact) mass is 376 g/mol. The van der Waals surface area contributed by atoms with Crippen molar-refractivity contribution in [1.82, 2.24) is 15.0 Å². The number of benzene rings is 2. The van der Waals surface area contributed by atoms with Crippen LogP contribution in [0.2, 0.25) is 5.02 Å². The molecular formula is C20H13ClN4O2. The lowest BCUT2D eigenvalue weighted by Crippen LogP contribution is -2.12. The smallest absolute Gasteiger partial charge is 0.321 e. The Balaban J connectivity index is 1.53. The lowest BCUT2D eigenvalue weighted by Gasteiger charge is -2.09. The minimum absolute atomic E-state index is 0.257. The molecule has 27 heavy (non-hydrogen) atoms. The summed E-state index contributed by atoms with van der Waals surface area (Å²) in [7, 11) is 0. The fraction of sp³-hybridized carbons (Fsp3) is 0. The zero-order valence-corrected chi connectivity index (χ0v) is 14.7. The standard InChI is InChI=1S/C20H13ClN4O2/c21-17-9-8-16(18-15(17)3-1-10-22-18)19(26)25-13-4-6-14(7-5-13)27-20-23-11-2-12-24-20/h1-12H,(H,25,26). The van der Waals surface area contributed by atoms with Crippen LogP contribution in [0.3, 0.4) is 0 Å². The Morgan fingerprint density at radius 2 is 1.63 bits per heavy atom. The molecule has 6 nitrogen and oxygen atoms in total. The van der Waals surface area contributed by atoms with Gasteiger partial charge < -0.3 is 10.1 Å². The zero-order valence-electron chi connectivity index (χ0n) is 14.0. The van der Waals surface area contributed by atoms with Crippen molar-refractivity contribution < 1.29 is 9.53 Å². The number of pyridine rings is 1. The summed E-state index contributed by atoms with van der Waals surface area (Å²) in [6.45, 7) is 0. The van der Waals surface area contributed by atoms with Gasteiger partial charge in [-0.25, -0.2) is 9.97 Å². The molecule has 0 aliphatic carbocycles. The number of ether oxygens (including phenoxy) is 1. The van der Waals surface area contributed by atoms with Gasteiger partial charge in [-0.3, -0.25) is 9.78 Å². The molecule has 0 aliphatic heterocycles. The number of halogens is 1. The van der Waals surface area contributed by atoms with Crippen molar-refractivity contribution in [3.8, 4) is 11.8 Å². The third-order valence-corrected chi connectivity index (χ3v) is 4.15. The number of carbonyl (C=O) groups is 1. The van der Waals surface area contributed by atoms with Gasteiger partial charge in [0.25, 0.3) is 5.91 Å². The zero-order chi connectivity index (χ0) is 18.6. The van der Waals surface area contributed by atoms with Crippen molar-refractivity contribution in [3.05, 3.63) is 83.8 Å². The maximum absolute atomic E-state index is 12.7. The van der Waals surface area contributed by atoms with E-state index in [0.717, 1.165) is 5.39 Å². The second kappa shape index (κ2) is 7.39. The van der Waals surface area contributed by atoms with Crippen molar-refractivity contribution in [2.75, 3.05) is 5.32 Å². The van der Waals surface area contributed by atoms with Gasteiger partial charge in [0, 0.05) is 29.7 Å². The Morgan fingerprint density at radius 3 is 2.41 bits per heavy atom. The number of rotatable bonds is 4. The summed E-state index contributed by atoms with van der Waals surface area (Å²) >= 11 is 6.18. The van der Waals surface area contributed by atoms with Gasteiger partial charge in [0.2, 0.25) is 0 Å². The van der Waals surface area contributed by atoms with Crippen molar-refractivity contribution >= 4 is 34.1 Å². The van der Waals surface area contributed by atoms with Gasteiger partial charge in [-0.1, -0.05) is 11.6 Å². The normalized spacial score (nSPS) is 10.6. The first-order valence-corrected chi connectivity index (χ1v) is 8.48. The molecule has 0 aliphatic rings. The maximum atomic E-state index is 12.7. The number of hydrogen-bond acceptors (Lipinski definition) is 5. The molecule has 0 saturated carbocycles. The largest absolute Gasteiger partial charge is 0.424 e. The molecule has 0 atom stereocenters. The number of hydrogen-bond donors (Lipinski definition) is 1. The predicted molar refractivity (Wildman–Crippen MR) is 103 cm³/mol. The van der Waals surface area contributed by atoms with Crippen molar-refractivity contribution in [3.63, 3.8) is 0 Å². The molecular weight excluding hydrogens is 364 g/mol. The van der Waals surface area contributed by atoms with Crippen molar-refractivity contribution in [2.45, 2.75) is 0 Å². The molecule has 0 unspecified atom stereocenters. The molecule has 0 fully saturated rings. The summed E-state index contributed by atoms with van der Waals surface area (Å²) in [6.07, 6.45) is 4.83. The summed E-state index contributed by atoms with van der Waals surface area (Å²) in [6, 6.07) is 15.9. The van der Waals surface area contributed by atoms with Crippen LogP contribution < -0.4 is 10.1 Å². The van der Waals surface area contributed by atoms with Crippen molar-refractivity contribution in [1.29, 1.82) is 0 Å². The van der Waals surface area contributed by atoms with E-state index < -0.39 is 0 Å². The van der Waals surface area contributed by atoms with Crippen LogP contribution >= 0.6 is 11.6 Å². The highest BCUT2D eigenvalue weighted by Gasteiger charge is 2.13. The molecule has 4 aromatic rings. The second-order valence-corrected chi connectivity index (χ2v) is 6.01. The number of fused-ring (bicyclic) bond motifs is 1. The van der Waals surface area contributed by atoms with Crippen LogP contribution in [0.25, 0.3) is 10.9 Å². The lowest BCUT2D eigenvalue weighted by molar-refractivity contribution is 0.102. The summed E-state index contributed by atoms with van der Waals surface area (Å²) in [4.78, 5) is 25.0. The summed E-state index contributed by atoms with van der Waals surface area (Å²) in [5.41, 5.74) is 1.64. The third-order valence-electron chi connectivity index (χ3n) is 3.82. The van der Waals surface area contributed by atoms with E-state index in [0.29, 0.717) is 27.5 Å². The second-order valence-electron chi connectivity index (χ2n) is 5.61. The minimum atomic E-state index is -0.268. The van der Waals surface area contributed by atoms with Gasteiger partial charge in [-0.2, -0.15) is 0 Å². The fourth-order valence-corrected chi connectivity index (χ4v) is 2.78. The van der Waals surface area contributed by atoms with Crippen LogP contribution in [0.1, 0.15) is 10.4 Å². The van der Waals surface area contributed by atoms with Crippen molar-refractivity contribution in [2.24, 2.45) is 0 Å². The number of anilines is 1. The first-order chi connectivity index (χ1) is 13.2. The quantitative estimate of drug-likeness (QED) is 0.557. The van der Waals surface area contributed by atoms with Gasteiger partial charge in [0.05, 0.1) is 16.1 Å². The number of aromatic nitrogens is 3. The van der Waals surface area contributed by atoms with Crippen LogP contribution in [0, 0.1) is 0 Å². The average Bonchev–Trinajstić information content (AvgIpc) is 2.71. The van der Waals surface area contributed by atoms with Crippen LogP contribution in [-0.4, -0.2) is 20.9 Å². The summed E-state index contributed by atoms with van der Waals surface area (Å²) < 4.78 is 5.53. The first-order valence-electron chi connectivity index (χ1n) is 8.10. The Labute approximate surface area is 159 Å². The van der Waals surface area contributed by atoms with E-state index >= 15 is 0 Å². The maximum Gasteiger partial charge on any atom is 0.321 e. The molecule has 4 rings (SSSR count). The van der Waals surface area contributed by atoms with Gasteiger partial charge >= 0.3 is 6.01 Å². The predicted octanol–water partition coefficient (Wildman–Crippen LogP) is 4.72. The van der Waals surface area contributed by atoms with E-state index in [-0.39, 0.29) is 11.9 Å². The van der Waals surface area contributed by atoms with E-state index in [2.05, 4.69) is 20.3 Å². The highest BCUT2D eigenvalue weighted by Crippen LogP contribution is 2.26. The molecule has 132 valence electrons. The lowest BCUT2D eigenvalue weighted by atomic mass is 10.1. The summed E-state index contributed by atoms with van der Waals surface area (Å²) in [5, 5.41) is 4.14. The molecule has 7 heteroatoms. The van der Waals surface area contributed by atoms with Gasteiger partial charge in [0.15, 0.2) is 0 Å². The SMILES string of the molecule is O=C(Nc1ccc(Oc2ncccn2)cc1)c1ccc(Cl)c2cccnc12. The molecule has 0 saturated heterocycles. The van der Waals surface area contributed by atoms with Crippen LogP contribution in [-0.2, 0) is 0 Å². The minimum Gasteiger partial charge on any atom is -0.424 e. The Bertz CT molecular complexity index is 1100. The topological polar surface area (TPSA) is 77.0 Å². The van der Waals surface area contributed by atoms with E-state index in [4.69, 9.17) is 16.3 Å². The number of nitrogens with zero attached hydrogens (tertiary/aromatic N) is 3. The molecule has 2 heterocycles. The highest BCUT2D eigenvalue weighted by molar-refractivity contribution is 6.36. The van der Waals surface area contributed by atoms with E-state index in [9.17, 15) is 4.79 Å². The molecule has 0 radical (unpaired) electrons.